The Morgan fingerprint density at radius 1 is 1.22 bits per heavy atom. The van der Waals surface area contributed by atoms with E-state index in [0.717, 1.165) is 18.6 Å². The molecule has 1 aliphatic rings. The van der Waals surface area contributed by atoms with Gasteiger partial charge in [-0.15, -0.1) is 0 Å². The first-order valence-electron chi connectivity index (χ1n) is 8.17. The molecule has 1 atom stereocenters. The van der Waals surface area contributed by atoms with Gasteiger partial charge < -0.3 is 14.8 Å². The Balaban J connectivity index is 1.54. The predicted molar refractivity (Wildman–Crippen MR) is 90.8 cm³/mol. The third-order valence-electron chi connectivity index (χ3n) is 3.81. The summed E-state index contributed by atoms with van der Waals surface area (Å²) >= 11 is 0. The van der Waals surface area contributed by atoms with Gasteiger partial charge in [0.1, 0.15) is 5.82 Å². The first-order chi connectivity index (χ1) is 12.9. The van der Waals surface area contributed by atoms with E-state index in [1.54, 1.807) is 12.1 Å². The van der Waals surface area contributed by atoms with Gasteiger partial charge in [-0.2, -0.15) is 18.2 Å². The third-order valence-corrected chi connectivity index (χ3v) is 3.81. The molecule has 0 saturated carbocycles. The Morgan fingerprint density at radius 3 is 2.67 bits per heavy atom. The minimum absolute atomic E-state index is 0.0133. The van der Waals surface area contributed by atoms with Crippen molar-refractivity contribution in [3.63, 3.8) is 0 Å². The van der Waals surface area contributed by atoms with Crippen LogP contribution < -0.4 is 15.4 Å². The van der Waals surface area contributed by atoms with E-state index < -0.39 is 24.8 Å². The maximum absolute atomic E-state index is 12.2. The molecule has 1 aromatic carbocycles. The number of urea groups is 1. The van der Waals surface area contributed by atoms with E-state index in [4.69, 9.17) is 4.74 Å². The molecule has 0 spiro atoms. The number of nitrogens with one attached hydrogen (secondary N) is 2. The fourth-order valence-corrected chi connectivity index (χ4v) is 2.54. The minimum Gasteiger partial charge on any atom is -0.454 e. The van der Waals surface area contributed by atoms with Gasteiger partial charge in [-0.05, 0) is 30.2 Å². The van der Waals surface area contributed by atoms with Gasteiger partial charge in [-0.25, -0.2) is 9.78 Å². The number of carbonyl (C=O) groups is 1. The number of benzene rings is 1. The number of amides is 2. The van der Waals surface area contributed by atoms with Crippen molar-refractivity contribution < 1.29 is 27.4 Å². The van der Waals surface area contributed by atoms with Crippen molar-refractivity contribution in [2.75, 3.05) is 30.5 Å². The summed E-state index contributed by atoms with van der Waals surface area (Å²) in [6.45, 7) is -0.0680. The lowest BCUT2D eigenvalue weighted by Gasteiger charge is -2.11. The summed E-state index contributed by atoms with van der Waals surface area (Å²) in [7, 11) is 0. The van der Waals surface area contributed by atoms with E-state index in [0.29, 0.717) is 18.2 Å². The van der Waals surface area contributed by atoms with Gasteiger partial charge in [0.15, 0.2) is 6.61 Å². The largest absolute Gasteiger partial charge is 0.454 e. The summed E-state index contributed by atoms with van der Waals surface area (Å²) in [4.78, 5) is 19.3. The number of carbonyl (C=O) groups excluding carboxylic acids is 1. The molecule has 0 aliphatic carbocycles. The second-order valence-corrected chi connectivity index (χ2v) is 5.89. The van der Waals surface area contributed by atoms with Crippen LogP contribution in [0, 0.1) is 0 Å². The molecule has 7 nitrogen and oxygen atoms in total. The minimum atomic E-state index is -4.50. The SMILES string of the molecule is O=C(Nc1ccc(C2CCOC2)cc1)Nc1ccnc(OCC(F)(F)F)n1. The summed E-state index contributed by atoms with van der Waals surface area (Å²) in [6, 6.07) is 7.64. The van der Waals surface area contributed by atoms with E-state index in [1.807, 2.05) is 12.1 Å². The van der Waals surface area contributed by atoms with E-state index in [9.17, 15) is 18.0 Å². The lowest BCUT2D eigenvalue weighted by Crippen LogP contribution is -2.22. The zero-order valence-corrected chi connectivity index (χ0v) is 14.1. The maximum Gasteiger partial charge on any atom is 0.422 e. The number of nitrogens with zero attached hydrogens (tertiary/aromatic N) is 2. The Morgan fingerprint density at radius 2 is 2.00 bits per heavy atom. The number of rotatable bonds is 5. The third kappa shape index (κ3) is 5.81. The van der Waals surface area contributed by atoms with Crippen LogP contribution in [0.2, 0.25) is 0 Å². The van der Waals surface area contributed by atoms with Crippen molar-refractivity contribution in [3.05, 3.63) is 42.1 Å². The van der Waals surface area contributed by atoms with Gasteiger partial charge >= 0.3 is 18.2 Å². The molecule has 1 fully saturated rings. The maximum atomic E-state index is 12.2. The Labute approximate surface area is 152 Å². The van der Waals surface area contributed by atoms with Crippen molar-refractivity contribution in [2.24, 2.45) is 0 Å². The standard InChI is InChI=1S/C17H17F3N4O3/c18-17(19,20)10-27-16-21-7-5-14(24-16)23-15(25)22-13-3-1-11(2-4-13)12-6-8-26-9-12/h1-5,7,12H,6,8-10H2,(H2,21,22,23,24,25). The molecule has 2 aromatic rings. The average Bonchev–Trinajstić information content (AvgIpc) is 3.15. The van der Waals surface area contributed by atoms with Crippen LogP contribution in [0.1, 0.15) is 17.9 Å². The molecule has 0 radical (unpaired) electrons. The summed E-state index contributed by atoms with van der Waals surface area (Å²) in [5.74, 6) is 0.378. The molecule has 27 heavy (non-hydrogen) atoms. The van der Waals surface area contributed by atoms with E-state index in [-0.39, 0.29) is 5.82 Å². The number of halogens is 3. The zero-order valence-electron chi connectivity index (χ0n) is 14.1. The molecule has 3 rings (SSSR count). The molecule has 2 heterocycles. The molecule has 2 amide bonds. The lowest BCUT2D eigenvalue weighted by molar-refractivity contribution is -0.154. The molecule has 1 saturated heterocycles. The highest BCUT2D eigenvalue weighted by Gasteiger charge is 2.29. The van der Waals surface area contributed by atoms with E-state index in [2.05, 4.69) is 25.3 Å². The van der Waals surface area contributed by atoms with E-state index in [1.165, 1.54) is 12.3 Å². The lowest BCUT2D eigenvalue weighted by atomic mass is 9.98. The highest BCUT2D eigenvalue weighted by molar-refractivity contribution is 5.99. The highest BCUT2D eigenvalue weighted by atomic mass is 19.4. The molecule has 0 bridgehead atoms. The van der Waals surface area contributed by atoms with Crippen LogP contribution in [0.25, 0.3) is 0 Å². The quantitative estimate of drug-likeness (QED) is 0.826. The van der Waals surface area contributed by atoms with Crippen molar-refractivity contribution in [1.82, 2.24) is 9.97 Å². The number of hydrogen-bond acceptors (Lipinski definition) is 5. The molecule has 144 valence electrons. The fraction of sp³-hybridized carbons (Fsp3) is 0.353. The molecular weight excluding hydrogens is 365 g/mol. The monoisotopic (exact) mass is 382 g/mol. The van der Waals surface area contributed by atoms with Crippen LogP contribution in [0.15, 0.2) is 36.5 Å². The molecular formula is C17H17F3N4O3. The number of anilines is 2. The van der Waals surface area contributed by atoms with Gasteiger partial charge in [0.25, 0.3) is 0 Å². The van der Waals surface area contributed by atoms with Crippen molar-refractivity contribution in [1.29, 1.82) is 0 Å². The number of ether oxygens (including phenoxy) is 2. The second-order valence-electron chi connectivity index (χ2n) is 5.89. The number of aromatic nitrogens is 2. The van der Waals surface area contributed by atoms with Crippen LogP contribution in [-0.2, 0) is 4.74 Å². The predicted octanol–water partition coefficient (Wildman–Crippen LogP) is 3.57. The van der Waals surface area contributed by atoms with Crippen molar-refractivity contribution in [2.45, 2.75) is 18.5 Å². The van der Waals surface area contributed by atoms with Crippen molar-refractivity contribution in [3.8, 4) is 6.01 Å². The van der Waals surface area contributed by atoms with Gasteiger partial charge in [-0.3, -0.25) is 5.32 Å². The second kappa shape index (κ2) is 8.21. The molecule has 2 N–H and O–H groups in total. The highest BCUT2D eigenvalue weighted by Crippen LogP contribution is 2.26. The Hall–Kier alpha value is -2.88. The first kappa shape index (κ1) is 18.9. The summed E-state index contributed by atoms with van der Waals surface area (Å²) < 4.78 is 46.3. The van der Waals surface area contributed by atoms with Gasteiger partial charge in [0.05, 0.1) is 6.61 Å². The fourth-order valence-electron chi connectivity index (χ4n) is 2.54. The Kier molecular flexibility index (Phi) is 5.75. The number of hydrogen-bond donors (Lipinski definition) is 2. The first-order valence-corrected chi connectivity index (χ1v) is 8.17. The van der Waals surface area contributed by atoms with E-state index >= 15 is 0 Å². The Bertz CT molecular complexity index is 778. The zero-order chi connectivity index (χ0) is 19.3. The van der Waals surface area contributed by atoms with Crippen LogP contribution in [0.5, 0.6) is 6.01 Å². The van der Waals surface area contributed by atoms with Crippen molar-refractivity contribution >= 4 is 17.5 Å². The smallest absolute Gasteiger partial charge is 0.422 e. The molecule has 1 unspecified atom stereocenters. The summed E-state index contributed by atoms with van der Waals surface area (Å²) in [5.41, 5.74) is 1.71. The summed E-state index contributed by atoms with van der Waals surface area (Å²) in [6.07, 6.45) is -2.34. The van der Waals surface area contributed by atoms with Gasteiger partial charge in [-0.1, -0.05) is 12.1 Å². The van der Waals surface area contributed by atoms with Crippen LogP contribution in [0.4, 0.5) is 29.5 Å². The van der Waals surface area contributed by atoms with Crippen LogP contribution in [-0.4, -0.2) is 42.0 Å². The molecule has 10 heteroatoms. The summed E-state index contributed by atoms with van der Waals surface area (Å²) in [5, 5.41) is 5.04. The van der Waals surface area contributed by atoms with Gasteiger partial charge in [0.2, 0.25) is 0 Å². The van der Waals surface area contributed by atoms with Crippen LogP contribution in [0.3, 0.4) is 0 Å². The number of alkyl halides is 3. The average molecular weight is 382 g/mol. The van der Waals surface area contributed by atoms with Crippen LogP contribution >= 0.6 is 0 Å². The normalized spacial score (nSPS) is 16.8. The molecule has 1 aliphatic heterocycles. The van der Waals surface area contributed by atoms with Gasteiger partial charge in [0, 0.05) is 24.4 Å². The topological polar surface area (TPSA) is 85.4 Å². The molecule has 1 aromatic heterocycles.